The van der Waals surface area contributed by atoms with Gasteiger partial charge in [0.05, 0.1) is 25.6 Å². The van der Waals surface area contributed by atoms with Gasteiger partial charge >= 0.3 is 0 Å². The summed E-state index contributed by atoms with van der Waals surface area (Å²) in [7, 11) is 1.62. The lowest BCUT2D eigenvalue weighted by Gasteiger charge is -2.31. The van der Waals surface area contributed by atoms with Crippen molar-refractivity contribution in [3.05, 3.63) is 101 Å². The SMILES string of the molecule is COc1ccc(CC(=O)Nc2nc3n(n2)[C@H](c2ccc(C)cc2)C[C@H](c2ccccc2)N3)cc1. The quantitative estimate of drug-likeness (QED) is 0.433. The Morgan fingerprint density at radius 3 is 2.47 bits per heavy atom. The summed E-state index contributed by atoms with van der Waals surface area (Å²) in [6.07, 6.45) is 1.05. The number of carbonyl (C=O) groups is 1. The molecule has 0 unspecified atom stereocenters. The van der Waals surface area contributed by atoms with Crippen LogP contribution in [-0.4, -0.2) is 27.8 Å². The summed E-state index contributed by atoms with van der Waals surface area (Å²) in [4.78, 5) is 17.3. The van der Waals surface area contributed by atoms with Gasteiger partial charge in [-0.05, 0) is 42.2 Å². The van der Waals surface area contributed by atoms with E-state index in [1.54, 1.807) is 7.11 Å². The van der Waals surface area contributed by atoms with Crippen LogP contribution in [0.5, 0.6) is 5.75 Å². The number of methoxy groups -OCH3 is 1. The van der Waals surface area contributed by atoms with Crippen LogP contribution in [0.4, 0.5) is 11.9 Å². The van der Waals surface area contributed by atoms with Gasteiger partial charge in [0.2, 0.25) is 11.9 Å². The van der Waals surface area contributed by atoms with Crippen LogP contribution in [0.15, 0.2) is 78.9 Å². The molecule has 0 bridgehead atoms. The summed E-state index contributed by atoms with van der Waals surface area (Å²) in [5.41, 5.74) is 4.46. The second kappa shape index (κ2) is 9.39. The molecule has 1 aliphatic rings. The third kappa shape index (κ3) is 4.64. The van der Waals surface area contributed by atoms with Crippen molar-refractivity contribution in [2.24, 2.45) is 0 Å². The van der Waals surface area contributed by atoms with E-state index in [2.05, 4.69) is 64.0 Å². The van der Waals surface area contributed by atoms with E-state index in [0.29, 0.717) is 11.9 Å². The normalized spacial score (nSPS) is 16.9. The highest BCUT2D eigenvalue weighted by Gasteiger charge is 2.31. The van der Waals surface area contributed by atoms with Gasteiger partial charge in [-0.2, -0.15) is 4.98 Å². The van der Waals surface area contributed by atoms with E-state index in [9.17, 15) is 4.79 Å². The van der Waals surface area contributed by atoms with Crippen LogP contribution in [0.25, 0.3) is 0 Å². The van der Waals surface area contributed by atoms with Crippen LogP contribution < -0.4 is 15.4 Å². The Labute approximate surface area is 198 Å². The van der Waals surface area contributed by atoms with Gasteiger partial charge in [0.1, 0.15) is 5.75 Å². The standard InChI is InChI=1S/C27H27N5O2/c1-18-8-12-21(13-9-18)24-17-23(20-6-4-3-5-7-20)28-27-30-26(31-32(24)27)29-25(33)16-19-10-14-22(34-2)15-11-19/h3-15,23-24H,16-17H2,1-2H3,(H2,28,29,30,31,33)/t23-,24+/m1/s1. The Kier molecular flexibility index (Phi) is 5.99. The van der Waals surface area contributed by atoms with Gasteiger partial charge < -0.3 is 10.1 Å². The molecule has 4 aromatic rings. The molecule has 3 aromatic carbocycles. The minimum atomic E-state index is -0.167. The summed E-state index contributed by atoms with van der Waals surface area (Å²) in [6.45, 7) is 2.08. The first kappa shape index (κ1) is 21.7. The average Bonchev–Trinajstić information content (AvgIpc) is 3.27. The average molecular weight is 454 g/mol. The van der Waals surface area contributed by atoms with Crippen molar-refractivity contribution in [2.45, 2.75) is 31.8 Å². The first-order valence-corrected chi connectivity index (χ1v) is 11.4. The molecule has 1 aliphatic heterocycles. The highest BCUT2D eigenvalue weighted by atomic mass is 16.5. The summed E-state index contributed by atoms with van der Waals surface area (Å²) in [6, 6.07) is 26.4. The van der Waals surface area contributed by atoms with E-state index >= 15 is 0 Å². The highest BCUT2D eigenvalue weighted by molar-refractivity contribution is 5.90. The maximum Gasteiger partial charge on any atom is 0.250 e. The number of rotatable bonds is 6. The number of fused-ring (bicyclic) bond motifs is 1. The van der Waals surface area contributed by atoms with Gasteiger partial charge in [-0.15, -0.1) is 5.10 Å². The zero-order valence-corrected chi connectivity index (χ0v) is 19.2. The fraction of sp³-hybridized carbons (Fsp3) is 0.222. The molecule has 0 aliphatic carbocycles. The van der Waals surface area contributed by atoms with E-state index in [4.69, 9.17) is 4.74 Å². The topological polar surface area (TPSA) is 81.1 Å². The molecule has 2 heterocycles. The van der Waals surface area contributed by atoms with Gasteiger partial charge in [-0.1, -0.05) is 72.3 Å². The summed E-state index contributed by atoms with van der Waals surface area (Å²) >= 11 is 0. The van der Waals surface area contributed by atoms with Crippen molar-refractivity contribution in [3.8, 4) is 5.75 Å². The Hall–Kier alpha value is -4.13. The number of anilines is 2. The van der Waals surface area contributed by atoms with Crippen LogP contribution >= 0.6 is 0 Å². The van der Waals surface area contributed by atoms with E-state index in [1.165, 1.54) is 11.1 Å². The first-order valence-electron chi connectivity index (χ1n) is 11.4. The number of carbonyl (C=O) groups excluding carboxylic acids is 1. The van der Waals surface area contributed by atoms with Crippen molar-refractivity contribution >= 4 is 17.8 Å². The van der Waals surface area contributed by atoms with Crippen LogP contribution in [0.1, 0.15) is 40.8 Å². The molecule has 1 amide bonds. The molecule has 7 nitrogen and oxygen atoms in total. The van der Waals surface area contributed by atoms with Crippen molar-refractivity contribution in [2.75, 3.05) is 17.7 Å². The summed E-state index contributed by atoms with van der Waals surface area (Å²) in [5.74, 6) is 1.53. The lowest BCUT2D eigenvalue weighted by molar-refractivity contribution is -0.115. The maximum absolute atomic E-state index is 12.7. The van der Waals surface area contributed by atoms with Gasteiger partial charge in [0.25, 0.3) is 5.95 Å². The van der Waals surface area contributed by atoms with Crippen LogP contribution in [0, 0.1) is 6.92 Å². The maximum atomic E-state index is 12.7. The number of nitrogens with one attached hydrogen (secondary N) is 2. The van der Waals surface area contributed by atoms with Gasteiger partial charge in [0, 0.05) is 0 Å². The number of nitrogens with zero attached hydrogens (tertiary/aromatic N) is 3. The van der Waals surface area contributed by atoms with Gasteiger partial charge in [0.15, 0.2) is 0 Å². The lowest BCUT2D eigenvalue weighted by atomic mass is 9.93. The van der Waals surface area contributed by atoms with E-state index < -0.39 is 0 Å². The van der Waals surface area contributed by atoms with Crippen molar-refractivity contribution in [1.29, 1.82) is 0 Å². The Balaban J connectivity index is 1.39. The smallest absolute Gasteiger partial charge is 0.250 e. The number of amides is 1. The molecule has 1 aromatic heterocycles. The predicted octanol–water partition coefficient (Wildman–Crippen LogP) is 4.92. The molecule has 0 fully saturated rings. The first-order chi connectivity index (χ1) is 16.6. The van der Waals surface area contributed by atoms with Crippen LogP contribution in [-0.2, 0) is 11.2 Å². The van der Waals surface area contributed by atoms with E-state index in [0.717, 1.165) is 23.3 Å². The Bertz CT molecular complexity index is 1270. The number of hydrogen-bond donors (Lipinski definition) is 2. The van der Waals surface area contributed by atoms with Gasteiger partial charge in [-0.3, -0.25) is 10.1 Å². The minimum Gasteiger partial charge on any atom is -0.497 e. The van der Waals surface area contributed by atoms with Crippen molar-refractivity contribution in [1.82, 2.24) is 14.8 Å². The number of aryl methyl sites for hydroxylation is 1. The minimum absolute atomic E-state index is 0.00166. The molecule has 0 radical (unpaired) electrons. The van der Waals surface area contributed by atoms with Crippen molar-refractivity contribution < 1.29 is 9.53 Å². The Morgan fingerprint density at radius 2 is 1.76 bits per heavy atom. The highest BCUT2D eigenvalue weighted by Crippen LogP contribution is 2.38. The molecule has 2 atom stereocenters. The fourth-order valence-corrected chi connectivity index (χ4v) is 4.30. The number of aromatic nitrogens is 3. The molecule has 2 N–H and O–H groups in total. The fourth-order valence-electron chi connectivity index (χ4n) is 4.30. The zero-order valence-electron chi connectivity index (χ0n) is 19.2. The largest absolute Gasteiger partial charge is 0.497 e. The lowest BCUT2D eigenvalue weighted by Crippen LogP contribution is -2.28. The second-order valence-electron chi connectivity index (χ2n) is 8.55. The van der Waals surface area contributed by atoms with Crippen molar-refractivity contribution in [3.63, 3.8) is 0 Å². The van der Waals surface area contributed by atoms with Crippen LogP contribution in [0.3, 0.4) is 0 Å². The molecular formula is C27H27N5O2. The molecular weight excluding hydrogens is 426 g/mol. The monoisotopic (exact) mass is 453 g/mol. The third-order valence-corrected chi connectivity index (χ3v) is 6.13. The van der Waals surface area contributed by atoms with Crippen LogP contribution in [0.2, 0.25) is 0 Å². The zero-order chi connectivity index (χ0) is 23.5. The molecule has 34 heavy (non-hydrogen) atoms. The molecule has 0 spiro atoms. The molecule has 172 valence electrons. The van der Waals surface area contributed by atoms with E-state index in [1.807, 2.05) is 47.1 Å². The third-order valence-electron chi connectivity index (χ3n) is 6.13. The second-order valence-corrected chi connectivity index (χ2v) is 8.55. The number of hydrogen-bond acceptors (Lipinski definition) is 5. The summed E-state index contributed by atoms with van der Waals surface area (Å²) < 4.78 is 7.06. The molecule has 5 rings (SSSR count). The number of benzene rings is 3. The summed E-state index contributed by atoms with van der Waals surface area (Å²) in [5, 5.41) is 11.0. The number of ether oxygens (including phenoxy) is 1. The molecule has 0 saturated carbocycles. The molecule has 0 saturated heterocycles. The van der Waals surface area contributed by atoms with E-state index in [-0.39, 0.29) is 24.4 Å². The van der Waals surface area contributed by atoms with Gasteiger partial charge in [-0.25, -0.2) is 4.68 Å². The predicted molar refractivity (Wildman–Crippen MR) is 132 cm³/mol. The Morgan fingerprint density at radius 1 is 1.03 bits per heavy atom. The molecule has 7 heteroatoms.